The second-order valence-corrected chi connectivity index (χ2v) is 3.95. The zero-order chi connectivity index (χ0) is 9.19. The van der Waals surface area contributed by atoms with Gasteiger partial charge in [0.05, 0.1) is 0 Å². The largest absolute Gasteiger partial charge is 1.00 e. The summed E-state index contributed by atoms with van der Waals surface area (Å²) in [4.78, 5) is 3.63. The van der Waals surface area contributed by atoms with Crippen LogP contribution in [0.5, 0.6) is 0 Å². The number of hydrogen-bond acceptors (Lipinski definition) is 4. The van der Waals surface area contributed by atoms with Gasteiger partial charge in [0.2, 0.25) is 0 Å². The van der Waals surface area contributed by atoms with Crippen molar-refractivity contribution >= 4 is 32.1 Å². The Hall–Kier alpha value is 0.340. The topological polar surface area (TPSA) is 82.1 Å². The summed E-state index contributed by atoms with van der Waals surface area (Å²) in [5.74, 6) is 0.00759. The van der Waals surface area contributed by atoms with Crippen molar-refractivity contribution in [2.45, 2.75) is 0 Å². The van der Waals surface area contributed by atoms with Gasteiger partial charge < -0.3 is 4.55 Å². The van der Waals surface area contributed by atoms with E-state index in [0.29, 0.717) is 4.47 Å². The van der Waals surface area contributed by atoms with Crippen LogP contribution in [0.2, 0.25) is 0 Å². The van der Waals surface area contributed by atoms with E-state index in [1.807, 2.05) is 0 Å². The second kappa shape index (κ2) is 5.28. The molecule has 0 aliphatic heterocycles. The van der Waals surface area contributed by atoms with Crippen LogP contribution >= 0.6 is 15.9 Å². The third kappa shape index (κ3) is 5.61. The Balaban J connectivity index is 0.00000144. The number of aromatic nitrogens is 1. The molecular weight excluding hydrogens is 271 g/mol. The van der Waals surface area contributed by atoms with Crippen molar-refractivity contribution in [1.82, 2.24) is 4.98 Å². The van der Waals surface area contributed by atoms with E-state index in [0.717, 1.165) is 0 Å². The predicted molar refractivity (Wildman–Crippen MR) is 45.3 cm³/mol. The summed E-state index contributed by atoms with van der Waals surface area (Å²) in [5.41, 5.74) is 0. The van der Waals surface area contributed by atoms with Crippen LogP contribution < -0.4 is 34.3 Å². The van der Waals surface area contributed by atoms with Crippen LogP contribution in [0.4, 0.5) is 5.82 Å². The smallest absolute Gasteiger partial charge is 0.731 e. The molecule has 0 amide bonds. The molecule has 0 unspecified atom stereocenters. The standard InChI is InChI=1S/C5H5BrN2O3S.Na/c6-4-1-2-5(7-3-4)8-12(9,10)11;/h1-3H,(H,7,8)(H,9,10,11);/q;+1/p-1. The Labute approximate surface area is 106 Å². The molecule has 0 aliphatic carbocycles. The maximum Gasteiger partial charge on any atom is 1.00 e. The van der Waals surface area contributed by atoms with E-state index in [2.05, 4.69) is 20.9 Å². The quantitative estimate of drug-likeness (QED) is 0.487. The van der Waals surface area contributed by atoms with Gasteiger partial charge in [-0.1, -0.05) is 0 Å². The van der Waals surface area contributed by atoms with E-state index in [4.69, 9.17) is 0 Å². The molecule has 0 spiro atoms. The van der Waals surface area contributed by atoms with Crippen LogP contribution in [-0.4, -0.2) is 18.0 Å². The number of rotatable bonds is 2. The average molecular weight is 275 g/mol. The maximum absolute atomic E-state index is 10.2. The van der Waals surface area contributed by atoms with Crippen LogP contribution in [0.25, 0.3) is 0 Å². The van der Waals surface area contributed by atoms with Crippen molar-refractivity contribution in [3.05, 3.63) is 22.8 Å². The van der Waals surface area contributed by atoms with Crippen molar-refractivity contribution in [1.29, 1.82) is 0 Å². The Morgan fingerprint density at radius 2 is 2.08 bits per heavy atom. The van der Waals surface area contributed by atoms with Crippen molar-refractivity contribution in [2.75, 3.05) is 4.72 Å². The molecule has 0 saturated heterocycles. The van der Waals surface area contributed by atoms with E-state index in [-0.39, 0.29) is 35.4 Å². The van der Waals surface area contributed by atoms with Crippen LogP contribution in [0.15, 0.2) is 22.8 Å². The first-order valence-electron chi connectivity index (χ1n) is 2.82. The van der Waals surface area contributed by atoms with E-state index in [1.54, 1.807) is 10.8 Å². The van der Waals surface area contributed by atoms with Crippen molar-refractivity contribution in [3.8, 4) is 0 Å². The fourth-order valence-corrected chi connectivity index (χ4v) is 1.18. The molecule has 0 radical (unpaired) electrons. The second-order valence-electron chi connectivity index (χ2n) is 1.92. The first-order chi connectivity index (χ1) is 5.47. The average Bonchev–Trinajstić information content (AvgIpc) is 1.91. The first-order valence-corrected chi connectivity index (χ1v) is 5.03. The molecule has 1 N–H and O–H groups in total. The van der Waals surface area contributed by atoms with Crippen LogP contribution in [0.3, 0.4) is 0 Å². The number of anilines is 1. The van der Waals surface area contributed by atoms with Gasteiger partial charge in [0.25, 0.3) is 0 Å². The molecule has 8 heteroatoms. The van der Waals surface area contributed by atoms with Gasteiger partial charge in [0, 0.05) is 10.7 Å². The van der Waals surface area contributed by atoms with Gasteiger partial charge in [-0.05, 0) is 28.1 Å². The summed E-state index contributed by atoms with van der Waals surface area (Å²) in [7, 11) is -4.47. The maximum atomic E-state index is 10.2. The van der Waals surface area contributed by atoms with E-state index >= 15 is 0 Å². The molecule has 13 heavy (non-hydrogen) atoms. The van der Waals surface area contributed by atoms with Crippen LogP contribution in [0.1, 0.15) is 0 Å². The Bertz CT molecular complexity index is 366. The molecule has 0 aliphatic rings. The van der Waals surface area contributed by atoms with Gasteiger partial charge in [0.15, 0.2) is 10.3 Å². The monoisotopic (exact) mass is 274 g/mol. The first kappa shape index (κ1) is 13.3. The molecule has 0 saturated carbocycles. The normalized spacial score (nSPS) is 10.3. The molecule has 0 aromatic carbocycles. The van der Waals surface area contributed by atoms with E-state index in [9.17, 15) is 13.0 Å². The minimum Gasteiger partial charge on any atom is -0.731 e. The fourth-order valence-electron chi connectivity index (χ4n) is 0.564. The summed E-state index contributed by atoms with van der Waals surface area (Å²) in [6.45, 7) is 0. The zero-order valence-electron chi connectivity index (χ0n) is 6.69. The summed E-state index contributed by atoms with van der Waals surface area (Å²) < 4.78 is 32.9. The minimum atomic E-state index is -4.47. The summed E-state index contributed by atoms with van der Waals surface area (Å²) in [6, 6.07) is 2.94. The predicted octanol–water partition coefficient (Wildman–Crippen LogP) is -2.28. The van der Waals surface area contributed by atoms with Gasteiger partial charge in [-0.25, -0.2) is 13.4 Å². The summed E-state index contributed by atoms with van der Waals surface area (Å²) >= 11 is 3.11. The minimum absolute atomic E-state index is 0. The summed E-state index contributed by atoms with van der Waals surface area (Å²) in [6.07, 6.45) is 1.38. The van der Waals surface area contributed by atoms with E-state index in [1.165, 1.54) is 12.3 Å². The molecule has 0 fully saturated rings. The van der Waals surface area contributed by atoms with Gasteiger partial charge in [-0.3, -0.25) is 4.72 Å². The third-order valence-electron chi connectivity index (χ3n) is 0.957. The van der Waals surface area contributed by atoms with Gasteiger partial charge >= 0.3 is 29.6 Å². The number of nitrogens with zero attached hydrogens (tertiary/aromatic N) is 1. The molecule has 1 heterocycles. The van der Waals surface area contributed by atoms with Crippen LogP contribution in [0, 0.1) is 0 Å². The van der Waals surface area contributed by atoms with Crippen molar-refractivity contribution in [3.63, 3.8) is 0 Å². The SMILES string of the molecule is O=S(=O)([O-])Nc1ccc(Br)cn1.[Na+]. The van der Waals surface area contributed by atoms with Crippen molar-refractivity contribution < 1.29 is 42.5 Å². The van der Waals surface area contributed by atoms with Gasteiger partial charge in [-0.15, -0.1) is 0 Å². The van der Waals surface area contributed by atoms with Gasteiger partial charge in [0.1, 0.15) is 5.82 Å². The molecule has 66 valence electrons. The Morgan fingerprint density at radius 1 is 1.46 bits per heavy atom. The molecule has 1 aromatic heterocycles. The molecule has 1 rings (SSSR count). The molecule has 0 bridgehead atoms. The molecular formula is C5H4BrN2NaO3S. The third-order valence-corrected chi connectivity index (χ3v) is 1.89. The molecule has 0 atom stereocenters. The Morgan fingerprint density at radius 3 is 2.46 bits per heavy atom. The number of pyridine rings is 1. The fraction of sp³-hybridized carbons (Fsp3) is 0. The Kier molecular flexibility index (Phi) is 5.42. The number of hydrogen-bond donors (Lipinski definition) is 1. The van der Waals surface area contributed by atoms with Crippen molar-refractivity contribution in [2.24, 2.45) is 0 Å². The van der Waals surface area contributed by atoms with E-state index < -0.39 is 10.3 Å². The zero-order valence-corrected chi connectivity index (χ0v) is 11.1. The van der Waals surface area contributed by atoms with Gasteiger partial charge in [-0.2, -0.15) is 0 Å². The number of nitrogens with one attached hydrogen (secondary N) is 1. The van der Waals surface area contributed by atoms with Crippen LogP contribution in [-0.2, 0) is 10.3 Å². The summed E-state index contributed by atoms with van der Waals surface area (Å²) in [5, 5.41) is 0. The molecule has 1 aromatic rings. The molecule has 5 nitrogen and oxygen atoms in total. The number of halogens is 1.